The smallest absolute Gasteiger partial charge is 0.338 e. The summed E-state index contributed by atoms with van der Waals surface area (Å²) >= 11 is 6.02. The Bertz CT molecular complexity index is 1030. The van der Waals surface area contributed by atoms with Crippen LogP contribution in [0.3, 0.4) is 0 Å². The average Bonchev–Trinajstić information content (AvgIpc) is 3.19. The molecule has 29 heavy (non-hydrogen) atoms. The van der Waals surface area contributed by atoms with Crippen LogP contribution in [0.4, 0.5) is 0 Å². The minimum Gasteiger partial charge on any atom is -0.453 e. The largest absolute Gasteiger partial charge is 0.453 e. The molecular weight excluding hydrogens is 398 g/mol. The number of halogens is 1. The molecule has 1 fully saturated rings. The molecule has 1 aliphatic heterocycles. The molecule has 9 heteroatoms. The number of benzene rings is 1. The summed E-state index contributed by atoms with van der Waals surface area (Å²) in [4.78, 5) is 17.0. The van der Waals surface area contributed by atoms with Crippen molar-refractivity contribution in [2.75, 3.05) is 6.61 Å². The number of rotatable bonds is 5. The minimum atomic E-state index is -1.17. The highest BCUT2D eigenvalue weighted by Crippen LogP contribution is 2.28. The molecule has 8 nitrogen and oxygen atoms in total. The van der Waals surface area contributed by atoms with Gasteiger partial charge in [-0.2, -0.15) is 5.10 Å². The van der Waals surface area contributed by atoms with Crippen molar-refractivity contribution in [3.8, 4) is 0 Å². The number of esters is 1. The van der Waals surface area contributed by atoms with Crippen molar-refractivity contribution >= 4 is 23.1 Å². The zero-order valence-electron chi connectivity index (χ0n) is 15.6. The molecule has 1 aliphatic rings. The second-order valence-electron chi connectivity index (χ2n) is 6.89. The fourth-order valence-electron chi connectivity index (χ4n) is 3.52. The molecule has 0 amide bonds. The molecule has 152 valence electrons. The number of carbonyl (C=O) groups is 1. The van der Waals surface area contributed by atoms with Gasteiger partial charge < -0.3 is 19.7 Å². The normalized spacial score (nSPS) is 24.1. The zero-order valence-corrected chi connectivity index (χ0v) is 16.4. The quantitative estimate of drug-likeness (QED) is 0.607. The minimum absolute atomic E-state index is 0.211. The summed E-state index contributed by atoms with van der Waals surface area (Å²) < 4.78 is 12.9. The first-order chi connectivity index (χ1) is 14.0. The molecule has 2 N–H and O–H groups in total. The van der Waals surface area contributed by atoms with Crippen LogP contribution in [0, 0.1) is 6.92 Å². The summed E-state index contributed by atoms with van der Waals surface area (Å²) in [6.07, 6.45) is -3.49. The van der Waals surface area contributed by atoms with Crippen molar-refractivity contribution in [3.63, 3.8) is 0 Å². The van der Waals surface area contributed by atoms with Gasteiger partial charge in [-0.3, -0.25) is 0 Å². The van der Waals surface area contributed by atoms with Gasteiger partial charge in [-0.05, 0) is 31.2 Å². The van der Waals surface area contributed by atoms with Gasteiger partial charge in [0.2, 0.25) is 0 Å². The third-order valence-corrected chi connectivity index (χ3v) is 5.17. The van der Waals surface area contributed by atoms with E-state index in [2.05, 4.69) is 10.1 Å². The van der Waals surface area contributed by atoms with E-state index >= 15 is 0 Å². The Hall–Kier alpha value is -2.52. The van der Waals surface area contributed by atoms with Gasteiger partial charge >= 0.3 is 5.97 Å². The van der Waals surface area contributed by atoms with E-state index in [9.17, 15) is 15.0 Å². The standard InChI is InChI=1S/C20H20ClN3O5/c1-11-13-7-8-16(21)23-24(13)17(22-11)9-14-19(18(26)15(10-25)28-14)29-20(27)12-5-3-2-4-6-12/h2-8,14-15,18-19,25-26H,9-10H2,1H3/t14-,15+,18+,19-/m0/s1. The molecule has 0 spiro atoms. The number of aliphatic hydroxyl groups is 2. The molecular formula is C20H20ClN3O5. The van der Waals surface area contributed by atoms with Gasteiger partial charge in [-0.1, -0.05) is 29.8 Å². The van der Waals surface area contributed by atoms with E-state index in [-0.39, 0.29) is 6.42 Å². The zero-order chi connectivity index (χ0) is 20.5. The van der Waals surface area contributed by atoms with Crippen LogP contribution in [-0.2, 0) is 15.9 Å². The van der Waals surface area contributed by atoms with Crippen LogP contribution in [0.2, 0.25) is 5.15 Å². The maximum atomic E-state index is 12.5. The number of fused-ring (bicyclic) bond motifs is 1. The topological polar surface area (TPSA) is 106 Å². The van der Waals surface area contributed by atoms with Crippen molar-refractivity contribution in [3.05, 3.63) is 64.7 Å². The van der Waals surface area contributed by atoms with Crippen LogP contribution in [0.5, 0.6) is 0 Å². The predicted octanol–water partition coefficient (Wildman–Crippen LogP) is 1.58. The van der Waals surface area contributed by atoms with Crippen molar-refractivity contribution in [2.24, 2.45) is 0 Å². The maximum Gasteiger partial charge on any atom is 0.338 e. The van der Waals surface area contributed by atoms with Crippen LogP contribution in [0.25, 0.3) is 5.52 Å². The Labute approximate surface area is 171 Å². The van der Waals surface area contributed by atoms with Crippen LogP contribution in [0.1, 0.15) is 21.9 Å². The van der Waals surface area contributed by atoms with E-state index in [0.717, 1.165) is 11.2 Å². The number of nitrogens with zero attached hydrogens (tertiary/aromatic N) is 3. The lowest BCUT2D eigenvalue weighted by Gasteiger charge is -2.20. The molecule has 0 radical (unpaired) electrons. The number of hydrogen-bond acceptors (Lipinski definition) is 7. The lowest BCUT2D eigenvalue weighted by atomic mass is 10.0. The summed E-state index contributed by atoms with van der Waals surface area (Å²) in [5, 5.41) is 24.6. The molecule has 4 rings (SSSR count). The first-order valence-corrected chi connectivity index (χ1v) is 9.57. The summed E-state index contributed by atoms with van der Waals surface area (Å²) in [6.45, 7) is 1.45. The maximum absolute atomic E-state index is 12.5. The van der Waals surface area contributed by atoms with Gasteiger partial charge in [-0.15, -0.1) is 0 Å². The van der Waals surface area contributed by atoms with E-state index in [1.54, 1.807) is 40.9 Å². The third kappa shape index (κ3) is 3.84. The van der Waals surface area contributed by atoms with Crippen molar-refractivity contribution in [1.82, 2.24) is 14.6 Å². The molecule has 4 atom stereocenters. The number of aromatic nitrogens is 3. The Balaban J connectivity index is 1.61. The highest BCUT2D eigenvalue weighted by Gasteiger charge is 2.46. The lowest BCUT2D eigenvalue weighted by Crippen LogP contribution is -2.38. The molecule has 3 aromatic rings. The first kappa shape index (κ1) is 19.8. The highest BCUT2D eigenvalue weighted by atomic mass is 35.5. The Morgan fingerprint density at radius 1 is 1.24 bits per heavy atom. The fraction of sp³-hybridized carbons (Fsp3) is 0.350. The highest BCUT2D eigenvalue weighted by molar-refractivity contribution is 6.29. The average molecular weight is 418 g/mol. The van der Waals surface area contributed by atoms with E-state index in [0.29, 0.717) is 16.5 Å². The summed E-state index contributed by atoms with van der Waals surface area (Å²) in [7, 11) is 0. The second kappa shape index (κ2) is 8.08. The van der Waals surface area contributed by atoms with Gasteiger partial charge in [0.1, 0.15) is 29.3 Å². The number of aliphatic hydroxyl groups excluding tert-OH is 2. The Morgan fingerprint density at radius 3 is 2.72 bits per heavy atom. The Kier molecular flexibility index (Phi) is 5.51. The van der Waals surface area contributed by atoms with Crippen molar-refractivity contribution in [2.45, 2.75) is 37.8 Å². The monoisotopic (exact) mass is 417 g/mol. The van der Waals surface area contributed by atoms with E-state index in [4.69, 9.17) is 21.1 Å². The molecule has 0 aliphatic carbocycles. The van der Waals surface area contributed by atoms with Crippen LogP contribution < -0.4 is 0 Å². The summed E-state index contributed by atoms with van der Waals surface area (Å²) in [6, 6.07) is 12.0. The van der Waals surface area contributed by atoms with E-state index in [1.807, 2.05) is 13.0 Å². The van der Waals surface area contributed by atoms with Gasteiger partial charge in [0.25, 0.3) is 0 Å². The van der Waals surface area contributed by atoms with Gasteiger partial charge in [0, 0.05) is 6.42 Å². The molecule has 1 saturated heterocycles. The van der Waals surface area contributed by atoms with Gasteiger partial charge in [0.15, 0.2) is 6.10 Å². The van der Waals surface area contributed by atoms with Crippen LogP contribution >= 0.6 is 11.6 Å². The van der Waals surface area contributed by atoms with Gasteiger partial charge in [-0.25, -0.2) is 14.3 Å². The third-order valence-electron chi connectivity index (χ3n) is 4.96. The van der Waals surface area contributed by atoms with Crippen molar-refractivity contribution in [1.29, 1.82) is 0 Å². The second-order valence-corrected chi connectivity index (χ2v) is 7.28. The fourth-order valence-corrected chi connectivity index (χ4v) is 3.66. The molecule has 0 bridgehead atoms. The molecule has 0 saturated carbocycles. The number of hydrogen-bond donors (Lipinski definition) is 2. The number of carbonyl (C=O) groups excluding carboxylic acids is 1. The molecule has 0 unspecified atom stereocenters. The number of ether oxygens (including phenoxy) is 2. The molecule has 3 heterocycles. The predicted molar refractivity (Wildman–Crippen MR) is 104 cm³/mol. The van der Waals surface area contributed by atoms with E-state index < -0.39 is 37.0 Å². The number of imidazole rings is 1. The first-order valence-electron chi connectivity index (χ1n) is 9.19. The van der Waals surface area contributed by atoms with Crippen LogP contribution in [-0.4, -0.2) is 61.8 Å². The van der Waals surface area contributed by atoms with Crippen molar-refractivity contribution < 1.29 is 24.5 Å². The summed E-state index contributed by atoms with van der Waals surface area (Å²) in [5.41, 5.74) is 1.92. The van der Waals surface area contributed by atoms with Crippen LogP contribution in [0.15, 0.2) is 42.5 Å². The molecule has 2 aromatic heterocycles. The van der Waals surface area contributed by atoms with E-state index in [1.165, 1.54) is 0 Å². The number of aryl methyl sites for hydroxylation is 1. The Morgan fingerprint density at radius 2 is 2.00 bits per heavy atom. The molecule has 1 aromatic carbocycles. The SMILES string of the molecule is Cc1nc(C[C@@H]2O[C@H](CO)[C@@H](O)[C@H]2OC(=O)c2ccccc2)n2nc(Cl)ccc12. The van der Waals surface area contributed by atoms with Gasteiger partial charge in [0.05, 0.1) is 23.4 Å². The lowest BCUT2D eigenvalue weighted by molar-refractivity contribution is -0.0229. The summed E-state index contributed by atoms with van der Waals surface area (Å²) in [5.74, 6) is -0.0243.